The molecule has 0 saturated carbocycles. The number of carbonyl (C=O) groups excluding carboxylic acids is 1. The quantitative estimate of drug-likeness (QED) is 0.476. The predicted octanol–water partition coefficient (Wildman–Crippen LogP) is -0.0949. The van der Waals surface area contributed by atoms with Crippen LogP contribution in [-0.2, 0) is 4.79 Å². The van der Waals surface area contributed by atoms with Crippen LogP contribution in [0.1, 0.15) is 13.3 Å². The van der Waals surface area contributed by atoms with E-state index in [0.29, 0.717) is 6.54 Å². The third-order valence-electron chi connectivity index (χ3n) is 1.97. The van der Waals surface area contributed by atoms with Crippen LogP contribution in [0.3, 0.4) is 0 Å². The van der Waals surface area contributed by atoms with Gasteiger partial charge in [-0.05, 0) is 6.42 Å². The Balaban J connectivity index is 2.68. The van der Waals surface area contributed by atoms with Crippen molar-refractivity contribution in [3.05, 3.63) is 16.3 Å². The van der Waals surface area contributed by atoms with Crippen LogP contribution in [0.2, 0.25) is 0 Å². The van der Waals surface area contributed by atoms with Crippen LogP contribution in [0.15, 0.2) is 6.20 Å². The molecular formula is C9H14N6O3. The van der Waals surface area contributed by atoms with E-state index in [2.05, 4.69) is 20.6 Å². The van der Waals surface area contributed by atoms with E-state index in [-0.39, 0.29) is 29.9 Å². The van der Waals surface area contributed by atoms with Crippen LogP contribution in [0, 0.1) is 10.1 Å². The molecule has 0 spiro atoms. The number of nitrogens with one attached hydrogen (secondary N) is 2. The summed E-state index contributed by atoms with van der Waals surface area (Å²) in [6.45, 7) is 2.36. The Bertz CT molecular complexity index is 450. The highest BCUT2D eigenvalue weighted by molar-refractivity contribution is 5.81. The molecule has 9 heteroatoms. The summed E-state index contributed by atoms with van der Waals surface area (Å²) in [4.78, 5) is 28.6. The summed E-state index contributed by atoms with van der Waals surface area (Å²) < 4.78 is 0. The number of hydrogen-bond donors (Lipinski definition) is 3. The van der Waals surface area contributed by atoms with Crippen molar-refractivity contribution in [3.63, 3.8) is 0 Å². The first-order valence-corrected chi connectivity index (χ1v) is 5.32. The molecule has 0 bridgehead atoms. The number of rotatable bonds is 6. The van der Waals surface area contributed by atoms with Crippen molar-refractivity contribution >= 4 is 23.4 Å². The van der Waals surface area contributed by atoms with Crippen LogP contribution < -0.4 is 16.4 Å². The zero-order chi connectivity index (χ0) is 13.5. The van der Waals surface area contributed by atoms with Gasteiger partial charge in [-0.25, -0.2) is 4.98 Å². The fraction of sp³-hybridized carbons (Fsp3) is 0.444. The topological polar surface area (TPSA) is 136 Å². The van der Waals surface area contributed by atoms with Crippen molar-refractivity contribution in [2.75, 3.05) is 24.1 Å². The number of anilines is 2. The maximum atomic E-state index is 11.3. The van der Waals surface area contributed by atoms with Gasteiger partial charge in [-0.1, -0.05) is 6.92 Å². The maximum absolute atomic E-state index is 11.3. The van der Waals surface area contributed by atoms with Crippen molar-refractivity contribution in [2.24, 2.45) is 0 Å². The number of amides is 1. The molecule has 1 aromatic rings. The van der Waals surface area contributed by atoms with Gasteiger partial charge < -0.3 is 16.4 Å². The number of nitrogen functional groups attached to an aromatic ring is 1. The van der Waals surface area contributed by atoms with E-state index < -0.39 is 4.92 Å². The van der Waals surface area contributed by atoms with Crippen molar-refractivity contribution < 1.29 is 9.72 Å². The second kappa shape index (κ2) is 6.33. The first-order valence-electron chi connectivity index (χ1n) is 5.32. The van der Waals surface area contributed by atoms with E-state index in [0.717, 1.165) is 12.6 Å². The van der Waals surface area contributed by atoms with E-state index >= 15 is 0 Å². The van der Waals surface area contributed by atoms with E-state index in [9.17, 15) is 14.9 Å². The van der Waals surface area contributed by atoms with E-state index in [1.165, 1.54) is 0 Å². The zero-order valence-corrected chi connectivity index (χ0v) is 9.84. The van der Waals surface area contributed by atoms with Gasteiger partial charge in [-0.15, -0.1) is 0 Å². The molecule has 98 valence electrons. The van der Waals surface area contributed by atoms with Gasteiger partial charge in [-0.2, -0.15) is 4.98 Å². The number of nitro groups is 1. The fourth-order valence-electron chi connectivity index (χ4n) is 1.14. The molecule has 0 aliphatic heterocycles. The summed E-state index contributed by atoms with van der Waals surface area (Å²) in [6, 6.07) is 0. The average molecular weight is 254 g/mol. The van der Waals surface area contributed by atoms with Crippen LogP contribution in [0.4, 0.5) is 17.5 Å². The lowest BCUT2D eigenvalue weighted by Gasteiger charge is -2.06. The molecule has 4 N–H and O–H groups in total. The van der Waals surface area contributed by atoms with Crippen LogP contribution >= 0.6 is 0 Å². The number of aromatic nitrogens is 2. The molecule has 0 aliphatic carbocycles. The van der Waals surface area contributed by atoms with Crippen molar-refractivity contribution in [3.8, 4) is 0 Å². The van der Waals surface area contributed by atoms with Crippen LogP contribution in [0.5, 0.6) is 0 Å². The molecule has 0 aliphatic rings. The van der Waals surface area contributed by atoms with E-state index in [4.69, 9.17) is 5.73 Å². The third kappa shape index (κ3) is 3.85. The molecule has 0 aromatic carbocycles. The van der Waals surface area contributed by atoms with Gasteiger partial charge in [0.1, 0.15) is 6.20 Å². The largest absolute Gasteiger partial charge is 0.368 e. The summed E-state index contributed by atoms with van der Waals surface area (Å²) in [5, 5.41) is 15.9. The summed E-state index contributed by atoms with van der Waals surface area (Å²) in [6.07, 6.45) is 1.81. The van der Waals surface area contributed by atoms with E-state index in [1.54, 1.807) is 0 Å². The number of nitrogens with two attached hydrogens (primary N) is 1. The monoisotopic (exact) mass is 254 g/mol. The van der Waals surface area contributed by atoms with Crippen molar-refractivity contribution in [1.29, 1.82) is 0 Å². The molecule has 0 unspecified atom stereocenters. The Morgan fingerprint density at radius 3 is 2.94 bits per heavy atom. The van der Waals surface area contributed by atoms with Gasteiger partial charge in [0.15, 0.2) is 0 Å². The van der Waals surface area contributed by atoms with E-state index in [1.807, 2.05) is 6.92 Å². The smallest absolute Gasteiger partial charge is 0.329 e. The van der Waals surface area contributed by atoms with Gasteiger partial charge in [0.2, 0.25) is 17.7 Å². The Hall–Kier alpha value is -2.45. The van der Waals surface area contributed by atoms with Gasteiger partial charge in [0.05, 0.1) is 11.5 Å². The maximum Gasteiger partial charge on any atom is 0.329 e. The van der Waals surface area contributed by atoms with Crippen molar-refractivity contribution in [1.82, 2.24) is 15.3 Å². The minimum Gasteiger partial charge on any atom is -0.368 e. The minimum atomic E-state index is -0.647. The second-order valence-corrected chi connectivity index (χ2v) is 3.42. The Kier molecular flexibility index (Phi) is 4.78. The normalized spacial score (nSPS) is 9.83. The molecule has 1 rings (SSSR count). The molecule has 1 amide bonds. The number of hydrogen-bond acceptors (Lipinski definition) is 7. The fourth-order valence-corrected chi connectivity index (χ4v) is 1.14. The number of nitrogens with zero attached hydrogens (tertiary/aromatic N) is 3. The highest BCUT2D eigenvalue weighted by Crippen LogP contribution is 2.20. The first kappa shape index (κ1) is 13.6. The summed E-state index contributed by atoms with van der Waals surface area (Å²) in [5.74, 6) is -0.445. The molecule has 1 heterocycles. The summed E-state index contributed by atoms with van der Waals surface area (Å²) in [7, 11) is 0. The molecular weight excluding hydrogens is 240 g/mol. The highest BCUT2D eigenvalue weighted by Gasteiger charge is 2.16. The lowest BCUT2D eigenvalue weighted by atomic mass is 10.4. The lowest BCUT2D eigenvalue weighted by molar-refractivity contribution is -0.384. The third-order valence-corrected chi connectivity index (χ3v) is 1.97. The van der Waals surface area contributed by atoms with Gasteiger partial charge >= 0.3 is 5.69 Å². The van der Waals surface area contributed by atoms with Gasteiger partial charge in [-0.3, -0.25) is 14.9 Å². The highest BCUT2D eigenvalue weighted by atomic mass is 16.6. The molecule has 0 saturated heterocycles. The molecule has 0 radical (unpaired) electrons. The Morgan fingerprint density at radius 1 is 1.61 bits per heavy atom. The predicted molar refractivity (Wildman–Crippen MR) is 64.9 cm³/mol. The SMILES string of the molecule is CCCNC(=O)CNc1nc(N)ncc1[N+](=O)[O-]. The molecule has 18 heavy (non-hydrogen) atoms. The molecule has 0 fully saturated rings. The summed E-state index contributed by atoms with van der Waals surface area (Å²) in [5.41, 5.74) is 5.00. The first-order chi connectivity index (χ1) is 8.54. The van der Waals surface area contributed by atoms with Gasteiger partial charge in [0, 0.05) is 6.54 Å². The van der Waals surface area contributed by atoms with Crippen molar-refractivity contribution in [2.45, 2.75) is 13.3 Å². The Labute approximate surface area is 103 Å². The van der Waals surface area contributed by atoms with Gasteiger partial charge in [0.25, 0.3) is 0 Å². The van der Waals surface area contributed by atoms with Crippen LogP contribution in [0.25, 0.3) is 0 Å². The molecule has 1 aromatic heterocycles. The average Bonchev–Trinajstić information content (AvgIpc) is 2.33. The molecule has 0 atom stereocenters. The lowest BCUT2D eigenvalue weighted by Crippen LogP contribution is -2.30. The minimum absolute atomic E-state index is 0.0702. The standard InChI is InChI=1S/C9H14N6O3/c1-2-3-11-7(16)5-12-8-6(15(17)18)4-13-9(10)14-8/h4H,2-3,5H2,1H3,(H,11,16)(H3,10,12,13,14). The Morgan fingerprint density at radius 2 is 2.33 bits per heavy atom. The number of carbonyl (C=O) groups is 1. The van der Waals surface area contributed by atoms with Crippen LogP contribution in [-0.4, -0.2) is 33.9 Å². The second-order valence-electron chi connectivity index (χ2n) is 3.42. The zero-order valence-electron chi connectivity index (χ0n) is 9.84. The molecule has 9 nitrogen and oxygen atoms in total. The summed E-state index contributed by atoms with van der Waals surface area (Å²) >= 11 is 0.